The standard InChI is InChI=1S/C23H25ClN4O/c1-3-22-21(16-25-28(22)19-9-7-17(2)8-10-19)23(29)27-13-11-26(12-14-27)20-6-4-5-18(24)15-20/h4-10,15-16H,3,11-14H2,1-2H3. The highest BCUT2D eigenvalue weighted by molar-refractivity contribution is 6.30. The van der Waals surface area contributed by atoms with Gasteiger partial charge < -0.3 is 9.80 Å². The third-order valence-corrected chi connectivity index (χ3v) is 5.69. The first kappa shape index (κ1) is 19.5. The highest BCUT2D eigenvalue weighted by atomic mass is 35.5. The van der Waals surface area contributed by atoms with Crippen LogP contribution in [0.1, 0.15) is 28.5 Å². The number of hydrogen-bond acceptors (Lipinski definition) is 3. The topological polar surface area (TPSA) is 41.4 Å². The Labute approximate surface area is 176 Å². The van der Waals surface area contributed by atoms with Crippen LogP contribution in [0.25, 0.3) is 5.69 Å². The van der Waals surface area contributed by atoms with Gasteiger partial charge in [-0.3, -0.25) is 4.79 Å². The van der Waals surface area contributed by atoms with E-state index in [2.05, 4.69) is 42.0 Å². The van der Waals surface area contributed by atoms with Gasteiger partial charge in [-0.25, -0.2) is 4.68 Å². The first-order valence-corrected chi connectivity index (χ1v) is 10.4. The van der Waals surface area contributed by atoms with Gasteiger partial charge in [0.15, 0.2) is 0 Å². The van der Waals surface area contributed by atoms with E-state index in [4.69, 9.17) is 11.6 Å². The van der Waals surface area contributed by atoms with Crippen LogP contribution in [-0.4, -0.2) is 46.8 Å². The molecule has 2 heterocycles. The van der Waals surface area contributed by atoms with Crippen molar-refractivity contribution >= 4 is 23.2 Å². The number of aryl methyl sites for hydroxylation is 1. The summed E-state index contributed by atoms with van der Waals surface area (Å²) in [6.45, 7) is 7.08. The van der Waals surface area contributed by atoms with E-state index >= 15 is 0 Å². The van der Waals surface area contributed by atoms with Gasteiger partial charge in [0.2, 0.25) is 0 Å². The van der Waals surface area contributed by atoms with Crippen molar-refractivity contribution in [2.75, 3.05) is 31.1 Å². The Morgan fingerprint density at radius 2 is 1.76 bits per heavy atom. The summed E-state index contributed by atoms with van der Waals surface area (Å²) in [7, 11) is 0. The number of anilines is 1. The Kier molecular flexibility index (Phi) is 5.58. The van der Waals surface area contributed by atoms with Crippen LogP contribution in [0, 0.1) is 6.92 Å². The maximum Gasteiger partial charge on any atom is 0.257 e. The first-order valence-electron chi connectivity index (χ1n) is 10.0. The molecule has 1 saturated heterocycles. The molecule has 29 heavy (non-hydrogen) atoms. The number of carbonyl (C=O) groups is 1. The number of benzene rings is 2. The number of carbonyl (C=O) groups excluding carboxylic acids is 1. The fraction of sp³-hybridized carbons (Fsp3) is 0.304. The molecule has 4 rings (SSSR count). The van der Waals surface area contributed by atoms with Gasteiger partial charge in [-0.05, 0) is 43.7 Å². The largest absolute Gasteiger partial charge is 0.368 e. The number of rotatable bonds is 4. The molecule has 0 radical (unpaired) electrons. The minimum Gasteiger partial charge on any atom is -0.368 e. The molecule has 1 amide bonds. The first-order chi connectivity index (χ1) is 14.1. The Hall–Kier alpha value is -2.79. The second kappa shape index (κ2) is 8.29. The van der Waals surface area contributed by atoms with Gasteiger partial charge in [-0.15, -0.1) is 0 Å². The Morgan fingerprint density at radius 1 is 1.03 bits per heavy atom. The fourth-order valence-electron chi connectivity index (χ4n) is 3.81. The zero-order chi connectivity index (χ0) is 20.4. The quantitative estimate of drug-likeness (QED) is 0.644. The molecule has 0 unspecified atom stereocenters. The van der Waals surface area contributed by atoms with Crippen LogP contribution in [0.3, 0.4) is 0 Å². The predicted molar refractivity (Wildman–Crippen MR) is 117 cm³/mol. The lowest BCUT2D eigenvalue weighted by molar-refractivity contribution is 0.0745. The molecule has 1 aliphatic rings. The number of hydrogen-bond donors (Lipinski definition) is 0. The van der Waals surface area contributed by atoms with Gasteiger partial charge in [0.05, 0.1) is 23.1 Å². The zero-order valence-electron chi connectivity index (χ0n) is 16.8. The minimum atomic E-state index is 0.0611. The molecule has 3 aromatic rings. The van der Waals surface area contributed by atoms with Gasteiger partial charge in [-0.2, -0.15) is 5.10 Å². The molecule has 5 nitrogen and oxygen atoms in total. The van der Waals surface area contributed by atoms with Crippen molar-refractivity contribution in [3.05, 3.63) is 76.6 Å². The Bertz CT molecular complexity index is 1000. The van der Waals surface area contributed by atoms with Crippen molar-refractivity contribution in [2.45, 2.75) is 20.3 Å². The molecule has 1 aliphatic heterocycles. The predicted octanol–water partition coefficient (Wildman–Crippen LogP) is 4.36. The summed E-state index contributed by atoms with van der Waals surface area (Å²) < 4.78 is 1.88. The van der Waals surface area contributed by atoms with E-state index < -0.39 is 0 Å². The molecule has 0 bridgehead atoms. The van der Waals surface area contributed by atoms with E-state index in [1.807, 2.05) is 39.9 Å². The lowest BCUT2D eigenvalue weighted by Gasteiger charge is -2.36. The second-order valence-electron chi connectivity index (χ2n) is 7.36. The second-order valence-corrected chi connectivity index (χ2v) is 7.80. The van der Waals surface area contributed by atoms with Crippen LogP contribution in [0.5, 0.6) is 0 Å². The summed E-state index contributed by atoms with van der Waals surface area (Å²) in [5, 5.41) is 5.25. The molecular weight excluding hydrogens is 384 g/mol. The molecule has 0 spiro atoms. The van der Waals surface area contributed by atoms with Gasteiger partial charge in [0, 0.05) is 36.9 Å². The van der Waals surface area contributed by atoms with Gasteiger partial charge in [0.25, 0.3) is 5.91 Å². The smallest absolute Gasteiger partial charge is 0.257 e. The van der Waals surface area contributed by atoms with E-state index in [9.17, 15) is 4.79 Å². The molecule has 0 aliphatic carbocycles. The van der Waals surface area contributed by atoms with Gasteiger partial charge >= 0.3 is 0 Å². The van der Waals surface area contributed by atoms with Crippen LogP contribution in [-0.2, 0) is 6.42 Å². The average molecular weight is 409 g/mol. The molecule has 6 heteroatoms. The highest BCUT2D eigenvalue weighted by Gasteiger charge is 2.26. The number of halogens is 1. The van der Waals surface area contributed by atoms with E-state index in [-0.39, 0.29) is 5.91 Å². The number of aromatic nitrogens is 2. The van der Waals surface area contributed by atoms with Crippen molar-refractivity contribution in [3.63, 3.8) is 0 Å². The maximum atomic E-state index is 13.2. The SMILES string of the molecule is CCc1c(C(=O)N2CCN(c3cccc(Cl)c3)CC2)cnn1-c1ccc(C)cc1. The van der Waals surface area contributed by atoms with Gasteiger partial charge in [-0.1, -0.05) is 42.3 Å². The summed E-state index contributed by atoms with van der Waals surface area (Å²) in [6, 6.07) is 16.1. The monoisotopic (exact) mass is 408 g/mol. The summed E-state index contributed by atoms with van der Waals surface area (Å²) >= 11 is 6.12. The van der Waals surface area contributed by atoms with Crippen molar-refractivity contribution in [1.82, 2.24) is 14.7 Å². The molecule has 0 N–H and O–H groups in total. The van der Waals surface area contributed by atoms with Crippen LogP contribution in [0.15, 0.2) is 54.7 Å². The van der Waals surface area contributed by atoms with Crippen LogP contribution in [0.2, 0.25) is 5.02 Å². The normalized spacial score (nSPS) is 14.3. The molecule has 0 atom stereocenters. The lowest BCUT2D eigenvalue weighted by Crippen LogP contribution is -2.48. The maximum absolute atomic E-state index is 13.2. The van der Waals surface area contributed by atoms with Crippen molar-refractivity contribution < 1.29 is 4.79 Å². The van der Waals surface area contributed by atoms with Crippen LogP contribution < -0.4 is 4.90 Å². The van der Waals surface area contributed by atoms with E-state index in [0.29, 0.717) is 18.7 Å². The summed E-state index contributed by atoms with van der Waals surface area (Å²) in [4.78, 5) is 17.4. The molecule has 0 saturated carbocycles. The van der Waals surface area contributed by atoms with Crippen LogP contribution in [0.4, 0.5) is 5.69 Å². The van der Waals surface area contributed by atoms with Crippen LogP contribution >= 0.6 is 11.6 Å². The van der Waals surface area contributed by atoms with Crippen molar-refractivity contribution in [3.8, 4) is 5.69 Å². The summed E-state index contributed by atoms with van der Waals surface area (Å²) in [5.74, 6) is 0.0611. The van der Waals surface area contributed by atoms with Gasteiger partial charge in [0.1, 0.15) is 0 Å². The molecule has 150 valence electrons. The van der Waals surface area contributed by atoms with Crippen molar-refractivity contribution in [1.29, 1.82) is 0 Å². The molecule has 1 fully saturated rings. The van der Waals surface area contributed by atoms with Crippen molar-refractivity contribution in [2.24, 2.45) is 0 Å². The average Bonchev–Trinajstić information content (AvgIpc) is 3.18. The molecular formula is C23H25ClN4O. The fourth-order valence-corrected chi connectivity index (χ4v) is 4.00. The zero-order valence-corrected chi connectivity index (χ0v) is 17.6. The van der Waals surface area contributed by atoms with E-state index in [1.54, 1.807) is 6.20 Å². The lowest BCUT2D eigenvalue weighted by atomic mass is 10.1. The third kappa shape index (κ3) is 4.01. The van der Waals surface area contributed by atoms with E-state index in [0.717, 1.165) is 41.6 Å². The molecule has 2 aromatic carbocycles. The van der Waals surface area contributed by atoms with E-state index in [1.165, 1.54) is 5.56 Å². The molecule has 1 aromatic heterocycles. The Balaban J connectivity index is 1.50. The highest BCUT2D eigenvalue weighted by Crippen LogP contribution is 2.23. The number of nitrogens with zero attached hydrogens (tertiary/aromatic N) is 4. The third-order valence-electron chi connectivity index (χ3n) is 5.45. The number of amides is 1. The summed E-state index contributed by atoms with van der Waals surface area (Å²) in [6.07, 6.45) is 2.46. The number of piperazine rings is 1. The summed E-state index contributed by atoms with van der Waals surface area (Å²) in [5.41, 5.74) is 4.94. The minimum absolute atomic E-state index is 0.0611. The Morgan fingerprint density at radius 3 is 2.41 bits per heavy atom.